The quantitative estimate of drug-likeness (QED) is 0.490. The molecule has 0 radical (unpaired) electrons. The summed E-state index contributed by atoms with van der Waals surface area (Å²) in [6.45, 7) is 11.9. The molecule has 1 aliphatic heterocycles. The van der Waals surface area contributed by atoms with Crippen molar-refractivity contribution in [1.82, 2.24) is 0 Å². The SMILES string of the molecule is CC(C)CCC[C@@H](C)[C@H]1CC[C@H]2[C@@H]3CC=C4C[C@H](O)CC5(OS(=O)(=O)O5)[C@]4(C)[C@H]3CC[C@]12C. The number of rotatable bonds is 5. The fourth-order valence-electron chi connectivity index (χ4n) is 9.33. The summed E-state index contributed by atoms with van der Waals surface area (Å²) in [5, 5.41) is 10.5. The molecular formula is C27H44O5S. The van der Waals surface area contributed by atoms with Crippen LogP contribution in [-0.2, 0) is 18.8 Å². The van der Waals surface area contributed by atoms with Crippen molar-refractivity contribution in [3.63, 3.8) is 0 Å². The molecule has 4 fully saturated rings. The molecular weight excluding hydrogens is 436 g/mol. The third-order valence-electron chi connectivity index (χ3n) is 10.9. The van der Waals surface area contributed by atoms with Gasteiger partial charge in [0.05, 0.1) is 6.10 Å². The van der Waals surface area contributed by atoms with Crippen molar-refractivity contribution < 1.29 is 21.9 Å². The van der Waals surface area contributed by atoms with E-state index in [1.54, 1.807) is 0 Å². The van der Waals surface area contributed by atoms with Crippen LogP contribution < -0.4 is 0 Å². The Bertz CT molecular complexity index is 897. The van der Waals surface area contributed by atoms with Gasteiger partial charge in [-0.3, -0.25) is 0 Å². The highest BCUT2D eigenvalue weighted by molar-refractivity contribution is 7.82. The zero-order valence-electron chi connectivity index (χ0n) is 21.2. The van der Waals surface area contributed by atoms with Gasteiger partial charge in [0.15, 0.2) is 0 Å². The molecule has 1 heterocycles. The fraction of sp³-hybridized carbons (Fsp3) is 0.926. The number of hydrogen-bond donors (Lipinski definition) is 1. The summed E-state index contributed by atoms with van der Waals surface area (Å²) in [6, 6.07) is 0. The van der Waals surface area contributed by atoms with Gasteiger partial charge in [-0.05, 0) is 79.4 Å². The van der Waals surface area contributed by atoms with Gasteiger partial charge in [0, 0.05) is 11.8 Å². The minimum absolute atomic E-state index is 0.237. The Morgan fingerprint density at radius 2 is 1.82 bits per heavy atom. The van der Waals surface area contributed by atoms with Crippen LogP contribution in [0.5, 0.6) is 0 Å². The van der Waals surface area contributed by atoms with E-state index in [9.17, 15) is 13.5 Å². The van der Waals surface area contributed by atoms with Crippen LogP contribution in [0.2, 0.25) is 0 Å². The van der Waals surface area contributed by atoms with Crippen molar-refractivity contribution in [1.29, 1.82) is 0 Å². The average molecular weight is 481 g/mol. The molecule has 1 spiro atoms. The summed E-state index contributed by atoms with van der Waals surface area (Å²) in [5.41, 5.74) is 1.04. The van der Waals surface area contributed by atoms with Crippen LogP contribution >= 0.6 is 0 Å². The van der Waals surface area contributed by atoms with Crippen LogP contribution in [0.15, 0.2) is 11.6 Å². The lowest BCUT2D eigenvalue weighted by Crippen LogP contribution is -2.69. The molecule has 1 N–H and O–H groups in total. The van der Waals surface area contributed by atoms with Gasteiger partial charge in [-0.15, -0.1) is 0 Å². The van der Waals surface area contributed by atoms with Crippen LogP contribution in [0.25, 0.3) is 0 Å². The molecule has 33 heavy (non-hydrogen) atoms. The van der Waals surface area contributed by atoms with Crippen molar-refractivity contribution in [3.8, 4) is 0 Å². The normalized spacial score (nSPS) is 46.2. The van der Waals surface area contributed by atoms with Crippen LogP contribution in [0.1, 0.15) is 98.8 Å². The molecule has 0 aromatic rings. The molecule has 0 unspecified atom stereocenters. The second-order valence-electron chi connectivity index (χ2n) is 13.0. The number of allylic oxidation sites excluding steroid dienone is 1. The van der Waals surface area contributed by atoms with Crippen LogP contribution in [-0.4, -0.2) is 25.4 Å². The van der Waals surface area contributed by atoms with Gasteiger partial charge >= 0.3 is 10.4 Å². The highest BCUT2D eigenvalue weighted by Crippen LogP contribution is 2.70. The number of aliphatic hydroxyl groups excluding tert-OH is 1. The van der Waals surface area contributed by atoms with Crippen LogP contribution in [0.4, 0.5) is 0 Å². The molecule has 0 bridgehead atoms. The summed E-state index contributed by atoms with van der Waals surface area (Å²) in [5.74, 6) is 2.65. The second-order valence-corrected chi connectivity index (χ2v) is 14.1. The minimum atomic E-state index is -3.94. The summed E-state index contributed by atoms with van der Waals surface area (Å²) >= 11 is 0. The number of fused-ring (bicyclic) bond motifs is 6. The first-order chi connectivity index (χ1) is 15.4. The highest BCUT2D eigenvalue weighted by atomic mass is 32.3. The fourth-order valence-corrected chi connectivity index (χ4v) is 10.5. The van der Waals surface area contributed by atoms with E-state index in [0.29, 0.717) is 29.6 Å². The van der Waals surface area contributed by atoms with Gasteiger partial charge in [0.1, 0.15) is 0 Å². The first kappa shape index (κ1) is 24.3. The minimum Gasteiger partial charge on any atom is -0.393 e. The van der Waals surface area contributed by atoms with Gasteiger partial charge in [0.2, 0.25) is 5.79 Å². The molecule has 5 aliphatic rings. The van der Waals surface area contributed by atoms with Gasteiger partial charge < -0.3 is 5.11 Å². The van der Waals surface area contributed by atoms with E-state index in [1.807, 2.05) is 0 Å². The lowest BCUT2D eigenvalue weighted by atomic mass is 9.45. The monoisotopic (exact) mass is 480 g/mol. The Hall–Kier alpha value is -0.430. The molecule has 1 saturated heterocycles. The zero-order valence-corrected chi connectivity index (χ0v) is 22.0. The summed E-state index contributed by atoms with van der Waals surface area (Å²) in [6.07, 6.45) is 12.5. The topological polar surface area (TPSA) is 72.8 Å². The van der Waals surface area contributed by atoms with Gasteiger partial charge in [-0.1, -0.05) is 65.5 Å². The molecule has 8 atom stereocenters. The van der Waals surface area contributed by atoms with Gasteiger partial charge in [-0.2, -0.15) is 8.42 Å². The second kappa shape index (κ2) is 8.04. The average Bonchev–Trinajstić information content (AvgIpc) is 3.04. The summed E-state index contributed by atoms with van der Waals surface area (Å²) in [7, 11) is -3.94. The maximum atomic E-state index is 12.0. The van der Waals surface area contributed by atoms with E-state index in [4.69, 9.17) is 8.37 Å². The Kier molecular flexibility index (Phi) is 5.91. The predicted molar refractivity (Wildman–Crippen MR) is 128 cm³/mol. The largest absolute Gasteiger partial charge is 0.405 e. The predicted octanol–water partition coefficient (Wildman–Crippen LogP) is 5.99. The van der Waals surface area contributed by atoms with E-state index in [0.717, 1.165) is 36.2 Å². The third kappa shape index (κ3) is 3.60. The molecule has 3 saturated carbocycles. The molecule has 0 amide bonds. The molecule has 6 heteroatoms. The van der Waals surface area contributed by atoms with E-state index < -0.39 is 27.7 Å². The number of hydrogen-bond acceptors (Lipinski definition) is 5. The maximum Gasteiger partial charge on any atom is 0.405 e. The van der Waals surface area contributed by atoms with E-state index >= 15 is 0 Å². The van der Waals surface area contributed by atoms with Crippen molar-refractivity contribution in [2.75, 3.05) is 0 Å². The third-order valence-corrected chi connectivity index (χ3v) is 11.9. The van der Waals surface area contributed by atoms with E-state index in [-0.39, 0.29) is 6.42 Å². The van der Waals surface area contributed by atoms with Crippen molar-refractivity contribution in [2.24, 2.45) is 46.3 Å². The van der Waals surface area contributed by atoms with Crippen molar-refractivity contribution in [3.05, 3.63) is 11.6 Å². The lowest BCUT2D eigenvalue weighted by molar-refractivity contribution is -0.295. The van der Waals surface area contributed by atoms with Gasteiger partial charge in [0.25, 0.3) is 0 Å². The highest BCUT2D eigenvalue weighted by Gasteiger charge is 2.72. The zero-order chi connectivity index (χ0) is 23.8. The smallest absolute Gasteiger partial charge is 0.393 e. The Morgan fingerprint density at radius 3 is 2.48 bits per heavy atom. The molecule has 0 aromatic carbocycles. The van der Waals surface area contributed by atoms with E-state index in [2.05, 4.69) is 40.7 Å². The number of aliphatic hydroxyl groups is 1. The molecule has 188 valence electrons. The van der Waals surface area contributed by atoms with Crippen molar-refractivity contribution in [2.45, 2.75) is 111 Å². The molecule has 0 aromatic heterocycles. The Balaban J connectivity index is 1.40. The molecule has 4 aliphatic carbocycles. The van der Waals surface area contributed by atoms with Crippen molar-refractivity contribution >= 4 is 10.4 Å². The van der Waals surface area contributed by atoms with Crippen LogP contribution in [0.3, 0.4) is 0 Å². The van der Waals surface area contributed by atoms with Crippen LogP contribution in [0, 0.1) is 46.3 Å². The molecule has 5 nitrogen and oxygen atoms in total. The maximum absolute atomic E-state index is 12.0. The van der Waals surface area contributed by atoms with E-state index in [1.165, 1.54) is 38.5 Å². The van der Waals surface area contributed by atoms with Gasteiger partial charge in [-0.25, -0.2) is 8.37 Å². The first-order valence-corrected chi connectivity index (χ1v) is 14.8. The summed E-state index contributed by atoms with van der Waals surface area (Å²) in [4.78, 5) is 0. The Labute approximate surface area is 201 Å². The summed E-state index contributed by atoms with van der Waals surface area (Å²) < 4.78 is 35.1. The standard InChI is InChI=1S/C27H44O5S/c1-17(2)7-6-8-18(3)22-11-12-23-21-10-9-19-15-20(28)16-27(31-33(29,30)32-27)26(19,5)24(21)13-14-25(22,23)4/h9,17-18,20-24,28H,6-8,10-16H2,1-5H3/t18-,20+,21+,22-,23+,24+,25-,26+/m1/s1. The Morgan fingerprint density at radius 1 is 1.09 bits per heavy atom. The first-order valence-electron chi connectivity index (χ1n) is 13.5. The lowest BCUT2D eigenvalue weighted by Gasteiger charge is -2.64. The molecule has 5 rings (SSSR count).